The lowest BCUT2D eigenvalue weighted by atomic mass is 10.1. The average Bonchev–Trinajstić information content (AvgIpc) is 3.14. The molecule has 5 heteroatoms. The SMILES string of the molecule is Cc1ccc(-c2noc(CC(N)C3CC3)n2)cc1Br. The molecule has 1 saturated carbocycles. The van der Waals surface area contributed by atoms with E-state index < -0.39 is 0 Å². The van der Waals surface area contributed by atoms with Gasteiger partial charge in [0, 0.05) is 22.5 Å². The molecule has 1 aliphatic rings. The molecule has 3 rings (SSSR count). The highest BCUT2D eigenvalue weighted by atomic mass is 79.9. The highest BCUT2D eigenvalue weighted by Gasteiger charge is 2.29. The second kappa shape index (κ2) is 5.06. The maximum atomic E-state index is 6.07. The maximum Gasteiger partial charge on any atom is 0.228 e. The molecule has 19 heavy (non-hydrogen) atoms. The average molecular weight is 322 g/mol. The lowest BCUT2D eigenvalue weighted by Crippen LogP contribution is -2.25. The molecule has 1 fully saturated rings. The van der Waals surface area contributed by atoms with Crippen LogP contribution in [0.4, 0.5) is 0 Å². The molecular formula is C14H16BrN3O. The molecule has 1 aliphatic carbocycles. The third kappa shape index (κ3) is 2.87. The number of hydrogen-bond donors (Lipinski definition) is 1. The monoisotopic (exact) mass is 321 g/mol. The quantitative estimate of drug-likeness (QED) is 0.939. The molecule has 1 aromatic carbocycles. The van der Waals surface area contributed by atoms with E-state index in [1.807, 2.05) is 25.1 Å². The minimum absolute atomic E-state index is 0.151. The second-order valence-corrected chi connectivity index (χ2v) is 6.04. The van der Waals surface area contributed by atoms with E-state index in [2.05, 4.69) is 26.1 Å². The number of hydrogen-bond acceptors (Lipinski definition) is 4. The molecule has 100 valence electrons. The Morgan fingerprint density at radius 3 is 2.95 bits per heavy atom. The number of aryl methyl sites for hydroxylation is 1. The fourth-order valence-electron chi connectivity index (χ4n) is 2.08. The van der Waals surface area contributed by atoms with Gasteiger partial charge in [-0.3, -0.25) is 0 Å². The number of benzene rings is 1. The molecule has 2 aromatic rings. The predicted octanol–water partition coefficient (Wildman–Crippen LogP) is 3.09. The van der Waals surface area contributed by atoms with E-state index >= 15 is 0 Å². The van der Waals surface area contributed by atoms with Gasteiger partial charge in [-0.05, 0) is 37.3 Å². The molecule has 0 bridgehead atoms. The van der Waals surface area contributed by atoms with Crippen LogP contribution in [0, 0.1) is 12.8 Å². The van der Waals surface area contributed by atoms with Crippen molar-refractivity contribution in [3.05, 3.63) is 34.1 Å². The molecule has 2 N–H and O–H groups in total. The van der Waals surface area contributed by atoms with Crippen molar-refractivity contribution in [3.8, 4) is 11.4 Å². The molecule has 0 amide bonds. The van der Waals surface area contributed by atoms with E-state index in [1.165, 1.54) is 18.4 Å². The van der Waals surface area contributed by atoms with E-state index in [0.29, 0.717) is 24.1 Å². The van der Waals surface area contributed by atoms with E-state index in [4.69, 9.17) is 10.3 Å². The van der Waals surface area contributed by atoms with Gasteiger partial charge in [0.15, 0.2) is 0 Å². The van der Waals surface area contributed by atoms with Crippen LogP contribution < -0.4 is 5.73 Å². The molecule has 0 saturated heterocycles. The first-order valence-corrected chi connectivity index (χ1v) is 7.27. The number of aromatic nitrogens is 2. The Labute approximate surface area is 120 Å². The van der Waals surface area contributed by atoms with Crippen LogP contribution in [0.2, 0.25) is 0 Å². The Morgan fingerprint density at radius 2 is 2.26 bits per heavy atom. The third-order valence-electron chi connectivity index (χ3n) is 3.54. The molecule has 0 aliphatic heterocycles. The van der Waals surface area contributed by atoms with Crippen LogP contribution in [-0.4, -0.2) is 16.2 Å². The standard InChI is InChI=1S/C14H16BrN3O/c1-8-2-3-10(6-11(8)15)14-17-13(19-18-14)7-12(16)9-4-5-9/h2-3,6,9,12H,4-5,7,16H2,1H3. The van der Waals surface area contributed by atoms with Gasteiger partial charge < -0.3 is 10.3 Å². The van der Waals surface area contributed by atoms with Crippen LogP contribution in [-0.2, 0) is 6.42 Å². The van der Waals surface area contributed by atoms with Gasteiger partial charge in [-0.2, -0.15) is 4.98 Å². The van der Waals surface area contributed by atoms with E-state index in [-0.39, 0.29) is 6.04 Å². The van der Waals surface area contributed by atoms with Gasteiger partial charge in [-0.25, -0.2) is 0 Å². The van der Waals surface area contributed by atoms with Crippen molar-refractivity contribution >= 4 is 15.9 Å². The predicted molar refractivity (Wildman–Crippen MR) is 76.6 cm³/mol. The molecule has 1 unspecified atom stereocenters. The van der Waals surface area contributed by atoms with Crippen molar-refractivity contribution in [3.63, 3.8) is 0 Å². The summed E-state index contributed by atoms with van der Waals surface area (Å²) in [5.74, 6) is 1.90. The summed E-state index contributed by atoms with van der Waals surface area (Å²) in [5, 5.41) is 4.03. The van der Waals surface area contributed by atoms with Crippen molar-refractivity contribution < 1.29 is 4.52 Å². The Bertz CT molecular complexity index is 592. The van der Waals surface area contributed by atoms with Crippen molar-refractivity contribution in [2.45, 2.75) is 32.2 Å². The third-order valence-corrected chi connectivity index (χ3v) is 4.39. The van der Waals surface area contributed by atoms with E-state index in [9.17, 15) is 0 Å². The Morgan fingerprint density at radius 1 is 1.47 bits per heavy atom. The number of nitrogens with two attached hydrogens (primary N) is 1. The van der Waals surface area contributed by atoms with Crippen molar-refractivity contribution in [2.24, 2.45) is 11.7 Å². The van der Waals surface area contributed by atoms with Gasteiger partial charge in [0.05, 0.1) is 0 Å². The fourth-order valence-corrected chi connectivity index (χ4v) is 2.46. The summed E-state index contributed by atoms with van der Waals surface area (Å²) in [6.07, 6.45) is 3.13. The Balaban J connectivity index is 1.77. The van der Waals surface area contributed by atoms with Crippen LogP contribution in [0.1, 0.15) is 24.3 Å². The van der Waals surface area contributed by atoms with Gasteiger partial charge in [-0.1, -0.05) is 33.2 Å². The highest BCUT2D eigenvalue weighted by molar-refractivity contribution is 9.10. The topological polar surface area (TPSA) is 64.9 Å². The second-order valence-electron chi connectivity index (χ2n) is 5.18. The molecule has 0 radical (unpaired) electrons. The minimum atomic E-state index is 0.151. The lowest BCUT2D eigenvalue weighted by molar-refractivity contribution is 0.364. The summed E-state index contributed by atoms with van der Waals surface area (Å²) in [6.45, 7) is 2.05. The fraction of sp³-hybridized carbons (Fsp3) is 0.429. The van der Waals surface area contributed by atoms with Crippen LogP contribution in [0.15, 0.2) is 27.2 Å². The molecule has 1 aromatic heterocycles. The van der Waals surface area contributed by atoms with Crippen LogP contribution in [0.3, 0.4) is 0 Å². The molecule has 1 atom stereocenters. The summed E-state index contributed by atoms with van der Waals surface area (Å²) in [6, 6.07) is 6.18. The first-order valence-electron chi connectivity index (χ1n) is 6.48. The van der Waals surface area contributed by atoms with Gasteiger partial charge in [0.1, 0.15) is 0 Å². The minimum Gasteiger partial charge on any atom is -0.339 e. The van der Waals surface area contributed by atoms with Crippen molar-refractivity contribution in [1.82, 2.24) is 10.1 Å². The lowest BCUT2D eigenvalue weighted by Gasteiger charge is -2.04. The van der Waals surface area contributed by atoms with Gasteiger partial charge in [-0.15, -0.1) is 0 Å². The molecule has 0 spiro atoms. The van der Waals surface area contributed by atoms with Crippen LogP contribution in [0.5, 0.6) is 0 Å². The molecule has 4 nitrogen and oxygen atoms in total. The van der Waals surface area contributed by atoms with Gasteiger partial charge in [0.2, 0.25) is 11.7 Å². The largest absolute Gasteiger partial charge is 0.339 e. The van der Waals surface area contributed by atoms with Crippen LogP contribution >= 0.6 is 15.9 Å². The Hall–Kier alpha value is -1.20. The summed E-state index contributed by atoms with van der Waals surface area (Å²) < 4.78 is 6.33. The summed E-state index contributed by atoms with van der Waals surface area (Å²) >= 11 is 3.51. The zero-order valence-electron chi connectivity index (χ0n) is 10.8. The van der Waals surface area contributed by atoms with Crippen molar-refractivity contribution in [2.75, 3.05) is 0 Å². The van der Waals surface area contributed by atoms with E-state index in [0.717, 1.165) is 10.0 Å². The summed E-state index contributed by atoms with van der Waals surface area (Å²) in [4.78, 5) is 4.42. The first kappa shape index (κ1) is 12.8. The highest BCUT2D eigenvalue weighted by Crippen LogP contribution is 2.33. The number of halogens is 1. The number of nitrogens with zero attached hydrogens (tertiary/aromatic N) is 2. The molecular weight excluding hydrogens is 306 g/mol. The first-order chi connectivity index (χ1) is 9.13. The zero-order valence-corrected chi connectivity index (χ0v) is 12.4. The summed E-state index contributed by atoms with van der Waals surface area (Å²) in [7, 11) is 0. The van der Waals surface area contributed by atoms with Crippen LogP contribution in [0.25, 0.3) is 11.4 Å². The maximum absolute atomic E-state index is 6.07. The molecule has 1 heterocycles. The zero-order chi connectivity index (χ0) is 13.4. The Kier molecular flexibility index (Phi) is 3.41. The number of rotatable bonds is 4. The smallest absolute Gasteiger partial charge is 0.228 e. The van der Waals surface area contributed by atoms with Gasteiger partial charge >= 0.3 is 0 Å². The van der Waals surface area contributed by atoms with Gasteiger partial charge in [0.25, 0.3) is 0 Å². The van der Waals surface area contributed by atoms with Crippen molar-refractivity contribution in [1.29, 1.82) is 0 Å². The summed E-state index contributed by atoms with van der Waals surface area (Å²) in [5.41, 5.74) is 8.20. The normalized spacial score (nSPS) is 16.6. The van der Waals surface area contributed by atoms with E-state index in [1.54, 1.807) is 0 Å².